The lowest BCUT2D eigenvalue weighted by Gasteiger charge is -2.16. The number of carbonyl (C=O) groups is 1. The van der Waals surface area contributed by atoms with Crippen LogP contribution in [0.2, 0.25) is 0 Å². The molecule has 1 aliphatic rings. The Kier molecular flexibility index (Phi) is 5.55. The van der Waals surface area contributed by atoms with Gasteiger partial charge in [0.2, 0.25) is 17.6 Å². The van der Waals surface area contributed by atoms with E-state index in [1.807, 2.05) is 48.2 Å². The number of benzene rings is 1. The number of rotatable bonds is 6. The fraction of sp³-hybridized carbons (Fsp3) is 0.364. The van der Waals surface area contributed by atoms with Crippen molar-refractivity contribution in [3.63, 3.8) is 0 Å². The summed E-state index contributed by atoms with van der Waals surface area (Å²) >= 11 is 0. The topological polar surface area (TPSA) is 81.4 Å². The Morgan fingerprint density at radius 2 is 2.07 bits per heavy atom. The van der Waals surface area contributed by atoms with Crippen molar-refractivity contribution in [3.05, 3.63) is 60.2 Å². The van der Waals surface area contributed by atoms with E-state index in [0.29, 0.717) is 37.8 Å². The average molecular weight is 392 g/mol. The molecule has 1 fully saturated rings. The van der Waals surface area contributed by atoms with Gasteiger partial charge in [-0.25, -0.2) is 0 Å². The van der Waals surface area contributed by atoms with Gasteiger partial charge in [0.15, 0.2) is 0 Å². The minimum Gasteiger partial charge on any atom is -0.494 e. The fourth-order valence-electron chi connectivity index (χ4n) is 3.65. The molecule has 1 saturated heterocycles. The van der Waals surface area contributed by atoms with Gasteiger partial charge in [0.05, 0.1) is 18.9 Å². The van der Waals surface area contributed by atoms with Gasteiger partial charge in [-0.15, -0.1) is 0 Å². The summed E-state index contributed by atoms with van der Waals surface area (Å²) in [4.78, 5) is 23.3. The van der Waals surface area contributed by atoms with E-state index in [4.69, 9.17) is 9.26 Å². The van der Waals surface area contributed by atoms with Crippen molar-refractivity contribution in [2.75, 3.05) is 19.7 Å². The summed E-state index contributed by atoms with van der Waals surface area (Å²) in [7, 11) is 0. The summed E-state index contributed by atoms with van der Waals surface area (Å²) in [5, 5.41) is 4.08. The Bertz CT molecular complexity index is 956. The van der Waals surface area contributed by atoms with Crippen LogP contribution in [0.3, 0.4) is 0 Å². The normalized spacial score (nSPS) is 18.8. The summed E-state index contributed by atoms with van der Waals surface area (Å²) in [6.45, 7) is 5.97. The Morgan fingerprint density at radius 3 is 2.79 bits per heavy atom. The van der Waals surface area contributed by atoms with Crippen molar-refractivity contribution in [1.82, 2.24) is 20.0 Å². The molecule has 1 amide bonds. The first-order chi connectivity index (χ1) is 14.1. The molecule has 0 saturated carbocycles. The van der Waals surface area contributed by atoms with Crippen LogP contribution in [0.15, 0.2) is 53.3 Å². The molecule has 0 aliphatic carbocycles. The summed E-state index contributed by atoms with van der Waals surface area (Å²) in [6, 6.07) is 11.4. The molecule has 7 nitrogen and oxygen atoms in total. The minimum atomic E-state index is 0.0391. The van der Waals surface area contributed by atoms with Crippen LogP contribution in [-0.4, -0.2) is 45.6 Å². The minimum absolute atomic E-state index is 0.0391. The second kappa shape index (κ2) is 8.43. The van der Waals surface area contributed by atoms with Crippen molar-refractivity contribution in [1.29, 1.82) is 0 Å². The molecule has 150 valence electrons. The van der Waals surface area contributed by atoms with Crippen LogP contribution in [0.25, 0.3) is 11.4 Å². The Balaban J connectivity index is 1.40. The zero-order chi connectivity index (χ0) is 20.2. The first-order valence-electron chi connectivity index (χ1n) is 9.87. The number of pyridine rings is 1. The van der Waals surface area contributed by atoms with Gasteiger partial charge in [0.25, 0.3) is 0 Å². The molecule has 3 aromatic rings. The van der Waals surface area contributed by atoms with Crippen molar-refractivity contribution in [3.8, 4) is 17.1 Å². The summed E-state index contributed by atoms with van der Waals surface area (Å²) in [5.41, 5.74) is 1.79. The van der Waals surface area contributed by atoms with E-state index >= 15 is 0 Å². The second-order valence-corrected chi connectivity index (χ2v) is 7.33. The van der Waals surface area contributed by atoms with E-state index in [2.05, 4.69) is 22.0 Å². The Morgan fingerprint density at radius 1 is 1.24 bits per heavy atom. The third-order valence-corrected chi connectivity index (χ3v) is 5.23. The monoisotopic (exact) mass is 392 g/mol. The first kappa shape index (κ1) is 19.1. The molecule has 0 spiro atoms. The number of likely N-dealkylation sites (tertiary alicyclic amines) is 1. The van der Waals surface area contributed by atoms with E-state index in [9.17, 15) is 4.79 Å². The lowest BCUT2D eigenvalue weighted by molar-refractivity contribution is -0.129. The third-order valence-electron chi connectivity index (χ3n) is 5.23. The van der Waals surface area contributed by atoms with Crippen LogP contribution in [0.1, 0.15) is 31.2 Å². The summed E-state index contributed by atoms with van der Waals surface area (Å²) in [5.74, 6) is 2.32. The zero-order valence-electron chi connectivity index (χ0n) is 16.6. The number of carbonyl (C=O) groups excluding carboxylic acids is 1. The van der Waals surface area contributed by atoms with Crippen molar-refractivity contribution >= 4 is 5.91 Å². The van der Waals surface area contributed by atoms with Crippen molar-refractivity contribution in [2.45, 2.75) is 26.2 Å². The third kappa shape index (κ3) is 4.29. The SMILES string of the molecule is CCOc1ccc(CC(=O)N2CC(C)C(c3nc(-c4cccnc4)no3)C2)cc1. The molecule has 0 N–H and O–H groups in total. The average Bonchev–Trinajstić information content (AvgIpc) is 3.37. The van der Waals surface area contributed by atoms with E-state index in [0.717, 1.165) is 16.9 Å². The highest BCUT2D eigenvalue weighted by Crippen LogP contribution is 2.32. The number of hydrogen-bond donors (Lipinski definition) is 0. The van der Waals surface area contributed by atoms with E-state index in [-0.39, 0.29) is 17.7 Å². The maximum absolute atomic E-state index is 12.8. The van der Waals surface area contributed by atoms with Crippen LogP contribution in [0.5, 0.6) is 5.75 Å². The largest absolute Gasteiger partial charge is 0.494 e. The molecular formula is C22H24N4O3. The standard InChI is InChI=1S/C22H24N4O3/c1-3-28-18-8-6-16(7-9-18)11-20(27)26-13-15(2)19(14-26)22-24-21(25-29-22)17-5-4-10-23-12-17/h4-10,12,15,19H,3,11,13-14H2,1-2H3. The number of hydrogen-bond acceptors (Lipinski definition) is 6. The maximum Gasteiger partial charge on any atom is 0.232 e. The highest BCUT2D eigenvalue weighted by atomic mass is 16.5. The van der Waals surface area contributed by atoms with Gasteiger partial charge in [0, 0.05) is 31.0 Å². The molecule has 2 unspecified atom stereocenters. The van der Waals surface area contributed by atoms with Gasteiger partial charge in [0.1, 0.15) is 5.75 Å². The van der Waals surface area contributed by atoms with Crippen LogP contribution in [-0.2, 0) is 11.2 Å². The molecule has 2 aromatic heterocycles. The number of ether oxygens (including phenoxy) is 1. The van der Waals surface area contributed by atoms with E-state index < -0.39 is 0 Å². The van der Waals surface area contributed by atoms with Crippen LogP contribution >= 0.6 is 0 Å². The van der Waals surface area contributed by atoms with Gasteiger partial charge in [-0.1, -0.05) is 24.2 Å². The highest BCUT2D eigenvalue weighted by Gasteiger charge is 2.36. The zero-order valence-corrected chi connectivity index (χ0v) is 16.6. The van der Waals surface area contributed by atoms with E-state index in [1.165, 1.54) is 0 Å². The summed E-state index contributed by atoms with van der Waals surface area (Å²) in [6.07, 6.45) is 3.79. The highest BCUT2D eigenvalue weighted by molar-refractivity contribution is 5.79. The number of nitrogens with zero attached hydrogens (tertiary/aromatic N) is 4. The van der Waals surface area contributed by atoms with Gasteiger partial charge >= 0.3 is 0 Å². The quantitative estimate of drug-likeness (QED) is 0.640. The van der Waals surface area contributed by atoms with Crippen LogP contribution in [0, 0.1) is 5.92 Å². The van der Waals surface area contributed by atoms with Crippen molar-refractivity contribution < 1.29 is 14.1 Å². The molecule has 4 rings (SSSR count). The maximum atomic E-state index is 12.8. The van der Waals surface area contributed by atoms with Gasteiger partial charge in [-0.3, -0.25) is 9.78 Å². The molecule has 1 aromatic carbocycles. The van der Waals surface area contributed by atoms with Gasteiger partial charge in [-0.2, -0.15) is 4.98 Å². The Hall–Kier alpha value is -3.22. The second-order valence-electron chi connectivity index (χ2n) is 7.33. The molecule has 7 heteroatoms. The molecule has 0 bridgehead atoms. The molecule has 3 heterocycles. The smallest absolute Gasteiger partial charge is 0.232 e. The molecule has 29 heavy (non-hydrogen) atoms. The Labute approximate surface area is 169 Å². The lowest BCUT2D eigenvalue weighted by atomic mass is 9.98. The fourth-order valence-corrected chi connectivity index (χ4v) is 3.65. The van der Waals surface area contributed by atoms with Gasteiger partial charge in [-0.05, 0) is 42.7 Å². The molecule has 0 radical (unpaired) electrons. The molecule has 1 aliphatic heterocycles. The molecular weight excluding hydrogens is 368 g/mol. The van der Waals surface area contributed by atoms with Crippen molar-refractivity contribution in [2.24, 2.45) is 5.92 Å². The lowest BCUT2D eigenvalue weighted by Crippen LogP contribution is -2.30. The number of amides is 1. The van der Waals surface area contributed by atoms with Crippen LogP contribution in [0.4, 0.5) is 0 Å². The predicted molar refractivity (Wildman–Crippen MR) is 107 cm³/mol. The summed E-state index contributed by atoms with van der Waals surface area (Å²) < 4.78 is 11.0. The molecule has 2 atom stereocenters. The van der Waals surface area contributed by atoms with E-state index in [1.54, 1.807) is 12.4 Å². The first-order valence-corrected chi connectivity index (χ1v) is 9.87. The van der Waals surface area contributed by atoms with Gasteiger partial charge < -0.3 is 14.2 Å². The predicted octanol–water partition coefficient (Wildman–Crippen LogP) is 3.33. The number of aromatic nitrogens is 3. The van der Waals surface area contributed by atoms with Crippen LogP contribution < -0.4 is 4.74 Å².